The van der Waals surface area contributed by atoms with Gasteiger partial charge in [0.25, 0.3) is 0 Å². The fraction of sp³-hybridized carbons (Fsp3) is 0.688. The average molecular weight is 263 g/mol. The molecule has 0 aliphatic rings. The van der Waals surface area contributed by atoms with E-state index in [9.17, 15) is 0 Å². The molecule has 108 valence electrons. The zero-order chi connectivity index (χ0) is 13.9. The smallest absolute Gasteiger partial charge is 0.0662 e. The fourth-order valence-electron chi connectivity index (χ4n) is 2.16. The first-order valence-electron chi connectivity index (χ1n) is 7.71. The summed E-state index contributed by atoms with van der Waals surface area (Å²) in [6.45, 7) is 8.83. The Kier molecular flexibility index (Phi) is 8.23. The average Bonchev–Trinajstić information content (AvgIpc) is 2.88. The first-order chi connectivity index (χ1) is 9.31. The van der Waals surface area contributed by atoms with E-state index < -0.39 is 0 Å². The Bertz CT molecular complexity index is 351. The van der Waals surface area contributed by atoms with E-state index in [1.54, 1.807) is 0 Å². The molecule has 1 rings (SSSR count). The van der Waals surface area contributed by atoms with Crippen molar-refractivity contribution < 1.29 is 0 Å². The molecule has 0 radical (unpaired) electrons. The van der Waals surface area contributed by atoms with E-state index in [1.807, 2.05) is 0 Å². The molecule has 0 aliphatic carbocycles. The van der Waals surface area contributed by atoms with Gasteiger partial charge in [-0.3, -0.25) is 4.68 Å². The molecule has 1 heterocycles. The number of aromatic nitrogens is 2. The lowest BCUT2D eigenvalue weighted by atomic mass is 10.2. The van der Waals surface area contributed by atoms with Crippen LogP contribution in [-0.2, 0) is 6.42 Å². The number of nitrogens with zero attached hydrogens (tertiary/aromatic N) is 2. The van der Waals surface area contributed by atoms with Crippen molar-refractivity contribution >= 4 is 0 Å². The van der Waals surface area contributed by atoms with Gasteiger partial charge in [0.05, 0.1) is 11.7 Å². The number of nitrogens with one attached hydrogen (secondary N) is 1. The molecule has 0 atom stereocenters. The number of allylic oxidation sites excluding steroid dienone is 1. The molecular weight excluding hydrogens is 234 g/mol. The Morgan fingerprint density at radius 1 is 1.21 bits per heavy atom. The molecule has 3 nitrogen and oxygen atoms in total. The molecule has 0 saturated carbocycles. The van der Waals surface area contributed by atoms with Crippen LogP contribution in [0.1, 0.15) is 58.2 Å². The van der Waals surface area contributed by atoms with Crippen LogP contribution in [0.2, 0.25) is 0 Å². The van der Waals surface area contributed by atoms with Gasteiger partial charge in [-0.05, 0) is 44.8 Å². The monoisotopic (exact) mass is 263 g/mol. The van der Waals surface area contributed by atoms with Crippen LogP contribution in [0, 0.1) is 0 Å². The van der Waals surface area contributed by atoms with E-state index in [0.29, 0.717) is 6.04 Å². The molecular formula is C16H29N3. The molecule has 1 N–H and O–H groups in total. The Balaban J connectivity index is 2.28. The third kappa shape index (κ3) is 6.06. The van der Waals surface area contributed by atoms with Crippen molar-refractivity contribution in [2.24, 2.45) is 0 Å². The summed E-state index contributed by atoms with van der Waals surface area (Å²) in [5, 5.41) is 8.05. The molecule has 0 amide bonds. The first kappa shape index (κ1) is 16.0. The van der Waals surface area contributed by atoms with Gasteiger partial charge >= 0.3 is 0 Å². The summed E-state index contributed by atoms with van der Waals surface area (Å²) in [5.74, 6) is 0. The lowest BCUT2D eigenvalue weighted by Crippen LogP contribution is -2.15. The SMILES string of the molecule is CCCNCCC=CCc1ccn(C(CC)CC)n1. The van der Waals surface area contributed by atoms with E-state index >= 15 is 0 Å². The molecule has 0 spiro atoms. The third-order valence-corrected chi connectivity index (χ3v) is 3.39. The Morgan fingerprint density at radius 2 is 2.00 bits per heavy atom. The van der Waals surface area contributed by atoms with E-state index in [-0.39, 0.29) is 0 Å². The lowest BCUT2D eigenvalue weighted by molar-refractivity contribution is 0.426. The maximum atomic E-state index is 4.65. The fourth-order valence-corrected chi connectivity index (χ4v) is 2.16. The second kappa shape index (κ2) is 9.79. The highest BCUT2D eigenvalue weighted by atomic mass is 15.3. The van der Waals surface area contributed by atoms with Crippen molar-refractivity contribution in [2.45, 2.75) is 58.9 Å². The summed E-state index contributed by atoms with van der Waals surface area (Å²) in [5.41, 5.74) is 1.17. The van der Waals surface area contributed by atoms with Gasteiger partial charge in [0, 0.05) is 12.6 Å². The Morgan fingerprint density at radius 3 is 2.68 bits per heavy atom. The van der Waals surface area contributed by atoms with Crippen LogP contribution in [0.15, 0.2) is 24.4 Å². The van der Waals surface area contributed by atoms with Crippen LogP contribution in [0.3, 0.4) is 0 Å². The largest absolute Gasteiger partial charge is 0.316 e. The summed E-state index contributed by atoms with van der Waals surface area (Å²) in [6, 6.07) is 2.69. The van der Waals surface area contributed by atoms with Gasteiger partial charge in [-0.1, -0.05) is 32.9 Å². The molecule has 3 heteroatoms. The summed E-state index contributed by atoms with van der Waals surface area (Å²) in [4.78, 5) is 0. The molecule has 19 heavy (non-hydrogen) atoms. The summed E-state index contributed by atoms with van der Waals surface area (Å²) in [7, 11) is 0. The highest BCUT2D eigenvalue weighted by molar-refractivity contribution is 5.05. The van der Waals surface area contributed by atoms with Crippen LogP contribution in [-0.4, -0.2) is 22.9 Å². The van der Waals surface area contributed by atoms with Crippen molar-refractivity contribution in [3.8, 4) is 0 Å². The normalized spacial score (nSPS) is 11.8. The molecule has 1 aromatic rings. The van der Waals surface area contributed by atoms with Crippen molar-refractivity contribution in [3.63, 3.8) is 0 Å². The predicted molar refractivity (Wildman–Crippen MR) is 82.5 cm³/mol. The minimum atomic E-state index is 0.552. The standard InChI is InChI=1S/C16H29N3/c1-4-12-17-13-9-7-8-10-15-11-14-19(18-15)16(5-2)6-3/h7-8,11,14,16-17H,4-6,9-10,12-13H2,1-3H3. The van der Waals surface area contributed by atoms with Crippen LogP contribution in [0.25, 0.3) is 0 Å². The maximum absolute atomic E-state index is 4.65. The van der Waals surface area contributed by atoms with E-state index in [2.05, 4.69) is 60.3 Å². The third-order valence-electron chi connectivity index (χ3n) is 3.39. The van der Waals surface area contributed by atoms with Crippen molar-refractivity contribution in [3.05, 3.63) is 30.1 Å². The molecule has 0 saturated heterocycles. The molecule has 0 unspecified atom stereocenters. The van der Waals surface area contributed by atoms with Gasteiger partial charge < -0.3 is 5.32 Å². The molecule has 0 bridgehead atoms. The van der Waals surface area contributed by atoms with Crippen LogP contribution >= 0.6 is 0 Å². The lowest BCUT2D eigenvalue weighted by Gasteiger charge is -2.12. The summed E-state index contributed by atoms with van der Waals surface area (Å²) < 4.78 is 2.12. The van der Waals surface area contributed by atoms with E-state index in [4.69, 9.17) is 0 Å². The Hall–Kier alpha value is -1.09. The van der Waals surface area contributed by atoms with Gasteiger partial charge in [-0.2, -0.15) is 5.10 Å². The Labute approximate surface area is 118 Å². The van der Waals surface area contributed by atoms with Gasteiger partial charge in [0.1, 0.15) is 0 Å². The zero-order valence-corrected chi connectivity index (χ0v) is 12.7. The van der Waals surface area contributed by atoms with Crippen LogP contribution in [0.4, 0.5) is 0 Å². The summed E-state index contributed by atoms with van der Waals surface area (Å²) in [6.07, 6.45) is 12.1. The van der Waals surface area contributed by atoms with Gasteiger partial charge in [0.2, 0.25) is 0 Å². The maximum Gasteiger partial charge on any atom is 0.0662 e. The number of hydrogen-bond donors (Lipinski definition) is 1. The first-order valence-corrected chi connectivity index (χ1v) is 7.71. The molecule has 1 aromatic heterocycles. The highest BCUT2D eigenvalue weighted by Crippen LogP contribution is 2.14. The van der Waals surface area contributed by atoms with Gasteiger partial charge in [-0.15, -0.1) is 0 Å². The molecule has 0 fully saturated rings. The van der Waals surface area contributed by atoms with Gasteiger partial charge in [-0.25, -0.2) is 0 Å². The van der Waals surface area contributed by atoms with E-state index in [0.717, 1.165) is 38.8 Å². The minimum absolute atomic E-state index is 0.552. The topological polar surface area (TPSA) is 29.9 Å². The predicted octanol–water partition coefficient (Wildman–Crippen LogP) is 3.73. The zero-order valence-electron chi connectivity index (χ0n) is 12.7. The van der Waals surface area contributed by atoms with Crippen molar-refractivity contribution in [1.29, 1.82) is 0 Å². The quantitative estimate of drug-likeness (QED) is 0.515. The van der Waals surface area contributed by atoms with Crippen molar-refractivity contribution in [2.75, 3.05) is 13.1 Å². The van der Waals surface area contributed by atoms with Gasteiger partial charge in [0.15, 0.2) is 0 Å². The summed E-state index contributed by atoms with van der Waals surface area (Å²) >= 11 is 0. The molecule has 0 aromatic carbocycles. The second-order valence-electron chi connectivity index (χ2n) is 4.97. The van der Waals surface area contributed by atoms with Crippen molar-refractivity contribution in [1.82, 2.24) is 15.1 Å². The van der Waals surface area contributed by atoms with Crippen LogP contribution in [0.5, 0.6) is 0 Å². The molecule has 0 aliphatic heterocycles. The van der Waals surface area contributed by atoms with Crippen LogP contribution < -0.4 is 5.32 Å². The highest BCUT2D eigenvalue weighted by Gasteiger charge is 2.06. The van der Waals surface area contributed by atoms with E-state index in [1.165, 1.54) is 12.1 Å². The number of rotatable bonds is 10. The number of hydrogen-bond acceptors (Lipinski definition) is 2. The minimum Gasteiger partial charge on any atom is -0.316 e. The second-order valence-corrected chi connectivity index (χ2v) is 4.97.